The van der Waals surface area contributed by atoms with Crippen molar-refractivity contribution in [3.05, 3.63) is 30.5 Å². The topological polar surface area (TPSA) is 115 Å². The highest BCUT2D eigenvalue weighted by Crippen LogP contribution is 2.17. The zero-order chi connectivity index (χ0) is 18.4. The SMILES string of the molecule is COc1ccc(OCCNc2nncc(NC3CCS(=O)(=O)C3)n2)cc1. The van der Waals surface area contributed by atoms with Crippen LogP contribution in [-0.4, -0.2) is 61.4 Å². The van der Waals surface area contributed by atoms with Gasteiger partial charge in [-0.05, 0) is 30.7 Å². The molecule has 3 rings (SSSR count). The van der Waals surface area contributed by atoms with E-state index in [-0.39, 0.29) is 17.5 Å². The van der Waals surface area contributed by atoms with Crippen LogP contribution in [0.5, 0.6) is 11.5 Å². The average molecular weight is 379 g/mol. The molecule has 1 aromatic heterocycles. The first-order valence-corrected chi connectivity index (χ1v) is 10.0. The van der Waals surface area contributed by atoms with E-state index in [0.29, 0.717) is 31.3 Å². The number of rotatable bonds is 8. The second kappa shape index (κ2) is 8.17. The molecular formula is C16H21N5O4S. The maximum atomic E-state index is 11.5. The second-order valence-corrected chi connectivity index (χ2v) is 8.09. The summed E-state index contributed by atoms with van der Waals surface area (Å²) in [6, 6.07) is 7.18. The summed E-state index contributed by atoms with van der Waals surface area (Å²) in [7, 11) is -1.33. The van der Waals surface area contributed by atoms with Crippen LogP contribution < -0.4 is 20.1 Å². The predicted octanol–water partition coefficient (Wildman–Crippen LogP) is 0.970. The second-order valence-electron chi connectivity index (χ2n) is 5.86. The molecule has 9 nitrogen and oxygen atoms in total. The van der Waals surface area contributed by atoms with Crippen molar-refractivity contribution in [2.75, 3.05) is 42.4 Å². The fourth-order valence-corrected chi connectivity index (χ4v) is 4.24. The summed E-state index contributed by atoms with van der Waals surface area (Å²) < 4.78 is 33.7. The number of ether oxygens (including phenoxy) is 2. The number of sulfone groups is 1. The molecule has 1 aliphatic heterocycles. The van der Waals surface area contributed by atoms with Gasteiger partial charge in [0.2, 0.25) is 5.95 Å². The van der Waals surface area contributed by atoms with Crippen LogP contribution >= 0.6 is 0 Å². The molecule has 140 valence electrons. The zero-order valence-electron chi connectivity index (χ0n) is 14.4. The lowest BCUT2D eigenvalue weighted by Crippen LogP contribution is -2.22. The number of nitrogens with zero attached hydrogens (tertiary/aromatic N) is 3. The molecule has 1 saturated heterocycles. The molecule has 10 heteroatoms. The van der Waals surface area contributed by atoms with Gasteiger partial charge < -0.3 is 20.1 Å². The first-order valence-electron chi connectivity index (χ1n) is 8.21. The summed E-state index contributed by atoms with van der Waals surface area (Å²) in [5.74, 6) is 2.70. The van der Waals surface area contributed by atoms with E-state index < -0.39 is 9.84 Å². The smallest absolute Gasteiger partial charge is 0.244 e. The van der Waals surface area contributed by atoms with Gasteiger partial charge in [0.25, 0.3) is 0 Å². The first kappa shape index (κ1) is 18.2. The molecule has 0 amide bonds. The number of hydrogen-bond acceptors (Lipinski definition) is 9. The van der Waals surface area contributed by atoms with E-state index in [4.69, 9.17) is 9.47 Å². The molecule has 2 heterocycles. The third-order valence-corrected chi connectivity index (χ3v) is 5.62. The van der Waals surface area contributed by atoms with Crippen molar-refractivity contribution >= 4 is 21.6 Å². The highest BCUT2D eigenvalue weighted by molar-refractivity contribution is 7.91. The van der Waals surface area contributed by atoms with Crippen molar-refractivity contribution in [3.63, 3.8) is 0 Å². The van der Waals surface area contributed by atoms with E-state index in [1.165, 1.54) is 6.20 Å². The summed E-state index contributed by atoms with van der Waals surface area (Å²) in [6.07, 6.45) is 2.05. The van der Waals surface area contributed by atoms with Crippen molar-refractivity contribution < 1.29 is 17.9 Å². The van der Waals surface area contributed by atoms with Gasteiger partial charge in [0.05, 0.1) is 31.4 Å². The van der Waals surface area contributed by atoms with Gasteiger partial charge in [0, 0.05) is 6.04 Å². The fourth-order valence-electron chi connectivity index (χ4n) is 2.57. The van der Waals surface area contributed by atoms with Crippen molar-refractivity contribution in [2.24, 2.45) is 0 Å². The maximum Gasteiger partial charge on any atom is 0.244 e. The minimum Gasteiger partial charge on any atom is -0.497 e. The molecule has 1 aliphatic rings. The molecule has 0 spiro atoms. The Morgan fingerprint density at radius 2 is 2.00 bits per heavy atom. The van der Waals surface area contributed by atoms with E-state index >= 15 is 0 Å². The Kier molecular flexibility index (Phi) is 5.71. The van der Waals surface area contributed by atoms with Crippen LogP contribution in [0.25, 0.3) is 0 Å². The molecule has 0 bridgehead atoms. The molecule has 1 fully saturated rings. The molecule has 0 radical (unpaired) electrons. The lowest BCUT2D eigenvalue weighted by atomic mass is 10.3. The van der Waals surface area contributed by atoms with Crippen LogP contribution in [0.2, 0.25) is 0 Å². The van der Waals surface area contributed by atoms with Gasteiger partial charge in [0.15, 0.2) is 15.7 Å². The van der Waals surface area contributed by atoms with Gasteiger partial charge in [0.1, 0.15) is 18.1 Å². The molecule has 1 atom stereocenters. The summed E-state index contributed by atoms with van der Waals surface area (Å²) in [5.41, 5.74) is 0. The van der Waals surface area contributed by atoms with Crippen LogP contribution in [0.15, 0.2) is 30.5 Å². The van der Waals surface area contributed by atoms with E-state index in [1.54, 1.807) is 7.11 Å². The van der Waals surface area contributed by atoms with Crippen LogP contribution in [-0.2, 0) is 9.84 Å². The number of benzene rings is 1. The van der Waals surface area contributed by atoms with Crippen LogP contribution in [0.4, 0.5) is 11.8 Å². The minimum absolute atomic E-state index is 0.121. The Morgan fingerprint density at radius 1 is 1.23 bits per heavy atom. The van der Waals surface area contributed by atoms with Gasteiger partial charge in [-0.3, -0.25) is 0 Å². The van der Waals surface area contributed by atoms with E-state index in [9.17, 15) is 8.42 Å². The number of anilines is 2. The van der Waals surface area contributed by atoms with Crippen LogP contribution in [0.3, 0.4) is 0 Å². The molecule has 0 aliphatic carbocycles. The lowest BCUT2D eigenvalue weighted by molar-refractivity contribution is 0.331. The Hall–Kier alpha value is -2.62. The van der Waals surface area contributed by atoms with Crippen molar-refractivity contribution in [1.29, 1.82) is 0 Å². The fraction of sp³-hybridized carbons (Fsp3) is 0.438. The van der Waals surface area contributed by atoms with Crippen molar-refractivity contribution in [3.8, 4) is 11.5 Å². The predicted molar refractivity (Wildman–Crippen MR) is 97.5 cm³/mol. The average Bonchev–Trinajstić information content (AvgIpc) is 2.98. The number of nitrogens with one attached hydrogen (secondary N) is 2. The highest BCUT2D eigenvalue weighted by atomic mass is 32.2. The standard InChI is InChI=1S/C16H21N5O4S/c1-24-13-2-4-14(5-3-13)25-8-7-17-16-20-15(10-18-21-16)19-12-6-9-26(22,23)11-12/h2-5,10,12H,6-9,11H2,1H3,(H2,17,19,20,21). The third-order valence-electron chi connectivity index (χ3n) is 3.86. The third kappa shape index (κ3) is 5.19. The number of hydrogen-bond donors (Lipinski definition) is 2. The number of aromatic nitrogens is 3. The van der Waals surface area contributed by atoms with Gasteiger partial charge in [-0.15, -0.1) is 5.10 Å². The zero-order valence-corrected chi connectivity index (χ0v) is 15.2. The monoisotopic (exact) mass is 379 g/mol. The molecular weight excluding hydrogens is 358 g/mol. The summed E-state index contributed by atoms with van der Waals surface area (Å²) in [5, 5.41) is 13.9. The van der Waals surface area contributed by atoms with Gasteiger partial charge in [-0.1, -0.05) is 0 Å². The summed E-state index contributed by atoms with van der Waals surface area (Å²) in [4.78, 5) is 4.29. The molecule has 1 unspecified atom stereocenters. The molecule has 26 heavy (non-hydrogen) atoms. The van der Waals surface area contributed by atoms with E-state index in [1.807, 2.05) is 24.3 Å². The van der Waals surface area contributed by atoms with Crippen LogP contribution in [0, 0.1) is 0 Å². The molecule has 1 aromatic carbocycles. The van der Waals surface area contributed by atoms with Gasteiger partial charge in [-0.25, -0.2) is 8.42 Å². The maximum absolute atomic E-state index is 11.5. The van der Waals surface area contributed by atoms with E-state index in [0.717, 1.165) is 11.5 Å². The van der Waals surface area contributed by atoms with Crippen molar-refractivity contribution in [2.45, 2.75) is 12.5 Å². The normalized spacial score (nSPS) is 18.3. The minimum atomic E-state index is -2.94. The summed E-state index contributed by atoms with van der Waals surface area (Å²) >= 11 is 0. The quantitative estimate of drug-likeness (QED) is 0.647. The van der Waals surface area contributed by atoms with Crippen molar-refractivity contribution in [1.82, 2.24) is 15.2 Å². The van der Waals surface area contributed by atoms with Crippen LogP contribution in [0.1, 0.15) is 6.42 Å². The first-order chi connectivity index (χ1) is 12.5. The Morgan fingerprint density at radius 3 is 2.69 bits per heavy atom. The van der Waals surface area contributed by atoms with Gasteiger partial charge >= 0.3 is 0 Å². The Bertz CT molecular complexity index is 829. The largest absolute Gasteiger partial charge is 0.497 e. The summed E-state index contributed by atoms with van der Waals surface area (Å²) in [6.45, 7) is 0.920. The molecule has 2 aromatic rings. The lowest BCUT2D eigenvalue weighted by Gasteiger charge is -2.12. The Balaban J connectivity index is 1.45. The highest BCUT2D eigenvalue weighted by Gasteiger charge is 2.28. The van der Waals surface area contributed by atoms with E-state index in [2.05, 4.69) is 25.8 Å². The van der Waals surface area contributed by atoms with Gasteiger partial charge in [-0.2, -0.15) is 10.1 Å². The number of methoxy groups -OCH3 is 1. The molecule has 2 N–H and O–H groups in total. The Labute approximate surface area is 152 Å². The molecule has 0 saturated carbocycles.